The first kappa shape index (κ1) is 12.6. The number of rotatable bonds is 3. The number of benzene rings is 1. The lowest BCUT2D eigenvalue weighted by Crippen LogP contribution is -2.10. The molecule has 0 heterocycles. The number of hydrogen-bond acceptors (Lipinski definition) is 6. The lowest BCUT2D eigenvalue weighted by atomic mass is 10.0. The van der Waals surface area contributed by atoms with E-state index < -0.39 is 16.6 Å². The number of nitrogens with zero attached hydrogens (tertiary/aromatic N) is 2. The highest BCUT2D eigenvalue weighted by atomic mass is 16.6. The number of nitro benzene ring substituents is 1. The Morgan fingerprint density at radius 1 is 1.65 bits per heavy atom. The van der Waals surface area contributed by atoms with E-state index in [9.17, 15) is 14.9 Å². The Balaban J connectivity index is 3.59. The average Bonchev–Trinajstić information content (AvgIpc) is 2.35. The summed E-state index contributed by atoms with van der Waals surface area (Å²) in [6.45, 7) is 0.0387. The smallest absolute Gasteiger partial charge is 0.346 e. The molecule has 0 unspecified atom stereocenters. The summed E-state index contributed by atoms with van der Waals surface area (Å²) in [5.74, 6) is -0.920. The summed E-state index contributed by atoms with van der Waals surface area (Å²) < 4.78 is 4.42. The first-order valence-electron chi connectivity index (χ1n) is 4.55. The molecule has 0 aromatic heterocycles. The minimum Gasteiger partial charge on any atom is -0.465 e. The Kier molecular flexibility index (Phi) is 3.74. The SMILES string of the molecule is COC(=O)c1c(C#N)cc(CN)cc1[N+](=O)[O-]. The van der Waals surface area contributed by atoms with Crippen LogP contribution >= 0.6 is 0 Å². The van der Waals surface area contributed by atoms with Gasteiger partial charge in [0.1, 0.15) is 6.07 Å². The molecule has 7 heteroatoms. The van der Waals surface area contributed by atoms with Gasteiger partial charge in [0.25, 0.3) is 5.69 Å². The van der Waals surface area contributed by atoms with Crippen LogP contribution in [0.1, 0.15) is 21.5 Å². The average molecular weight is 235 g/mol. The van der Waals surface area contributed by atoms with Crippen molar-refractivity contribution in [2.75, 3.05) is 7.11 Å². The van der Waals surface area contributed by atoms with Crippen LogP contribution in [0.2, 0.25) is 0 Å². The maximum absolute atomic E-state index is 11.4. The molecule has 0 bridgehead atoms. The van der Waals surface area contributed by atoms with Gasteiger partial charge >= 0.3 is 5.97 Å². The topological polar surface area (TPSA) is 119 Å². The van der Waals surface area contributed by atoms with Crippen molar-refractivity contribution >= 4 is 11.7 Å². The number of ether oxygens (including phenoxy) is 1. The molecule has 0 saturated carbocycles. The number of carbonyl (C=O) groups is 1. The van der Waals surface area contributed by atoms with Crippen molar-refractivity contribution in [2.45, 2.75) is 6.54 Å². The van der Waals surface area contributed by atoms with Crippen LogP contribution in [0.5, 0.6) is 0 Å². The monoisotopic (exact) mass is 235 g/mol. The largest absolute Gasteiger partial charge is 0.465 e. The van der Waals surface area contributed by atoms with Crippen LogP contribution in [0, 0.1) is 21.4 Å². The molecule has 0 aliphatic carbocycles. The van der Waals surface area contributed by atoms with Crippen molar-refractivity contribution in [2.24, 2.45) is 5.73 Å². The van der Waals surface area contributed by atoms with Crippen LogP contribution in [-0.2, 0) is 11.3 Å². The number of carbonyl (C=O) groups excluding carboxylic acids is 1. The van der Waals surface area contributed by atoms with Gasteiger partial charge in [0.05, 0.1) is 17.6 Å². The predicted octanol–water partition coefficient (Wildman–Crippen LogP) is 0.712. The van der Waals surface area contributed by atoms with Crippen LogP contribution < -0.4 is 5.73 Å². The van der Waals surface area contributed by atoms with Crippen molar-refractivity contribution in [3.63, 3.8) is 0 Å². The van der Waals surface area contributed by atoms with Crippen molar-refractivity contribution in [3.05, 3.63) is 38.9 Å². The van der Waals surface area contributed by atoms with Crippen molar-refractivity contribution in [3.8, 4) is 6.07 Å². The van der Waals surface area contributed by atoms with Crippen LogP contribution in [0.25, 0.3) is 0 Å². The Labute approximate surface area is 96.6 Å². The summed E-state index contributed by atoms with van der Waals surface area (Å²) in [4.78, 5) is 21.5. The molecule has 0 atom stereocenters. The second-order valence-corrected chi connectivity index (χ2v) is 3.10. The summed E-state index contributed by atoms with van der Waals surface area (Å²) in [6.07, 6.45) is 0. The summed E-state index contributed by atoms with van der Waals surface area (Å²) in [7, 11) is 1.09. The normalized spacial score (nSPS) is 9.47. The highest BCUT2D eigenvalue weighted by molar-refractivity contribution is 5.96. The molecule has 7 nitrogen and oxygen atoms in total. The molecule has 1 aromatic carbocycles. The molecule has 0 fully saturated rings. The van der Waals surface area contributed by atoms with E-state index in [1.54, 1.807) is 6.07 Å². The quantitative estimate of drug-likeness (QED) is 0.468. The molecule has 1 rings (SSSR count). The van der Waals surface area contributed by atoms with Gasteiger partial charge in [-0.2, -0.15) is 5.26 Å². The molecule has 0 saturated heterocycles. The fraction of sp³-hybridized carbons (Fsp3) is 0.200. The number of esters is 1. The second-order valence-electron chi connectivity index (χ2n) is 3.10. The van der Waals surface area contributed by atoms with Crippen molar-refractivity contribution in [1.82, 2.24) is 0 Å². The molecule has 17 heavy (non-hydrogen) atoms. The van der Waals surface area contributed by atoms with Crippen LogP contribution in [-0.4, -0.2) is 18.0 Å². The fourth-order valence-corrected chi connectivity index (χ4v) is 1.35. The van der Waals surface area contributed by atoms with Crippen LogP contribution in [0.15, 0.2) is 12.1 Å². The van der Waals surface area contributed by atoms with Gasteiger partial charge in [0.2, 0.25) is 0 Å². The number of nitro groups is 1. The third-order valence-corrected chi connectivity index (χ3v) is 2.12. The molecular weight excluding hydrogens is 226 g/mol. The first-order valence-corrected chi connectivity index (χ1v) is 4.55. The van der Waals surface area contributed by atoms with Gasteiger partial charge in [-0.25, -0.2) is 4.79 Å². The van der Waals surface area contributed by atoms with Gasteiger partial charge < -0.3 is 10.5 Å². The molecule has 0 aliphatic heterocycles. The van der Waals surface area contributed by atoms with E-state index in [4.69, 9.17) is 11.0 Å². The van der Waals surface area contributed by atoms with Gasteiger partial charge in [-0.3, -0.25) is 10.1 Å². The van der Waals surface area contributed by atoms with Gasteiger partial charge in [-0.1, -0.05) is 0 Å². The van der Waals surface area contributed by atoms with Crippen molar-refractivity contribution < 1.29 is 14.5 Å². The number of hydrogen-bond donors (Lipinski definition) is 1. The Bertz CT molecular complexity index is 519. The van der Waals surface area contributed by atoms with E-state index in [1.165, 1.54) is 6.07 Å². The molecule has 0 aliphatic rings. The van der Waals surface area contributed by atoms with E-state index in [2.05, 4.69) is 4.74 Å². The summed E-state index contributed by atoms with van der Waals surface area (Å²) >= 11 is 0. The third-order valence-electron chi connectivity index (χ3n) is 2.12. The molecule has 1 aromatic rings. The van der Waals surface area contributed by atoms with E-state index in [-0.39, 0.29) is 17.7 Å². The number of nitriles is 1. The summed E-state index contributed by atoms with van der Waals surface area (Å²) in [5.41, 5.74) is 4.81. The second kappa shape index (κ2) is 5.05. The van der Waals surface area contributed by atoms with Crippen LogP contribution in [0.4, 0.5) is 5.69 Å². The zero-order chi connectivity index (χ0) is 13.0. The Morgan fingerprint density at radius 2 is 2.29 bits per heavy atom. The van der Waals surface area contributed by atoms with E-state index in [0.29, 0.717) is 5.56 Å². The van der Waals surface area contributed by atoms with Gasteiger partial charge in [0, 0.05) is 12.6 Å². The Morgan fingerprint density at radius 3 is 2.71 bits per heavy atom. The molecule has 0 amide bonds. The minimum absolute atomic E-state index is 0.0387. The number of methoxy groups -OCH3 is 1. The predicted molar refractivity (Wildman–Crippen MR) is 57.0 cm³/mol. The molecule has 2 N–H and O–H groups in total. The maximum Gasteiger partial charge on any atom is 0.346 e. The van der Waals surface area contributed by atoms with Gasteiger partial charge in [-0.05, 0) is 11.6 Å². The fourth-order valence-electron chi connectivity index (χ4n) is 1.35. The molecular formula is C10H9N3O4. The van der Waals surface area contributed by atoms with Crippen LogP contribution in [0.3, 0.4) is 0 Å². The maximum atomic E-state index is 11.4. The zero-order valence-electron chi connectivity index (χ0n) is 8.97. The van der Waals surface area contributed by atoms with E-state index >= 15 is 0 Å². The molecule has 88 valence electrons. The Hall–Kier alpha value is -2.46. The minimum atomic E-state index is -0.920. The van der Waals surface area contributed by atoms with Gasteiger partial charge in [-0.15, -0.1) is 0 Å². The van der Waals surface area contributed by atoms with E-state index in [0.717, 1.165) is 13.2 Å². The molecule has 0 radical (unpaired) electrons. The van der Waals surface area contributed by atoms with E-state index in [1.807, 2.05) is 0 Å². The summed E-state index contributed by atoms with van der Waals surface area (Å²) in [5, 5.41) is 19.7. The first-order chi connectivity index (χ1) is 8.04. The standard InChI is InChI=1S/C10H9N3O4/c1-17-10(14)9-7(5-12)2-6(4-11)3-8(9)13(15)16/h2-3H,4,11H2,1H3. The number of nitrogens with two attached hydrogens (primary N) is 1. The lowest BCUT2D eigenvalue weighted by molar-refractivity contribution is -0.385. The highest BCUT2D eigenvalue weighted by Crippen LogP contribution is 2.25. The lowest BCUT2D eigenvalue weighted by Gasteiger charge is -2.05. The summed E-state index contributed by atoms with van der Waals surface area (Å²) in [6, 6.07) is 4.21. The highest BCUT2D eigenvalue weighted by Gasteiger charge is 2.26. The molecule has 0 spiro atoms. The van der Waals surface area contributed by atoms with Gasteiger partial charge in [0.15, 0.2) is 5.56 Å². The zero-order valence-corrected chi connectivity index (χ0v) is 8.97. The van der Waals surface area contributed by atoms with Crippen molar-refractivity contribution in [1.29, 1.82) is 5.26 Å². The third kappa shape index (κ3) is 2.38.